The molecule has 44 heavy (non-hydrogen) atoms. The van der Waals surface area contributed by atoms with E-state index in [0.717, 1.165) is 51.4 Å². The molecule has 0 spiro atoms. The maximum atomic E-state index is 12.6. The number of allylic oxidation sites excluding steroid dienone is 1. The van der Waals surface area contributed by atoms with E-state index in [2.05, 4.69) is 26.0 Å². The van der Waals surface area contributed by atoms with Crippen molar-refractivity contribution in [3.8, 4) is 0 Å². The molecule has 1 atom stereocenters. The molecule has 0 aromatic heterocycles. The highest BCUT2D eigenvalue weighted by atomic mass is 16.5. The van der Waals surface area contributed by atoms with Gasteiger partial charge in [0.25, 0.3) is 0 Å². The number of aliphatic carboxylic acids is 1. The predicted octanol–water partition coefficient (Wildman–Crippen LogP) is 13.5. The van der Waals surface area contributed by atoms with Crippen LogP contribution in [0, 0.1) is 0 Å². The Bertz CT molecular complexity index is 629. The lowest BCUT2D eigenvalue weighted by Crippen LogP contribution is -2.16. The van der Waals surface area contributed by atoms with Gasteiger partial charge in [0.05, 0.1) is 0 Å². The van der Waals surface area contributed by atoms with Crippen molar-refractivity contribution in [2.45, 2.75) is 232 Å². The molecule has 0 heterocycles. The van der Waals surface area contributed by atoms with Crippen LogP contribution in [-0.4, -0.2) is 23.1 Å². The molecule has 1 N–H and O–H groups in total. The van der Waals surface area contributed by atoms with Gasteiger partial charge in [0.15, 0.2) is 0 Å². The van der Waals surface area contributed by atoms with Gasteiger partial charge in [-0.25, -0.2) is 0 Å². The first-order chi connectivity index (χ1) is 21.6. The molecule has 0 saturated carbocycles. The lowest BCUT2D eigenvalue weighted by atomic mass is 10.0. The Morgan fingerprint density at radius 2 is 0.864 bits per heavy atom. The molecule has 0 bridgehead atoms. The van der Waals surface area contributed by atoms with Crippen LogP contribution in [-0.2, 0) is 14.3 Å². The standard InChI is InChI=1S/C40H76O4/c1-3-5-7-9-11-13-14-15-16-17-18-19-20-21-23-25-27-33-37-40(43)44-38(35-31-28-29-32-36-39(41)42)34-30-26-24-22-12-10-8-6-4-2/h30,34,38H,3-29,31-33,35-37H2,1-2H3,(H,41,42)/b34-30-. The number of carboxylic acid groups (broad SMARTS) is 1. The summed E-state index contributed by atoms with van der Waals surface area (Å²) in [5, 5.41) is 8.82. The van der Waals surface area contributed by atoms with Gasteiger partial charge in [0.2, 0.25) is 0 Å². The van der Waals surface area contributed by atoms with Gasteiger partial charge in [-0.3, -0.25) is 9.59 Å². The molecule has 4 nitrogen and oxygen atoms in total. The van der Waals surface area contributed by atoms with Gasteiger partial charge in [-0.2, -0.15) is 0 Å². The van der Waals surface area contributed by atoms with E-state index in [1.165, 1.54) is 148 Å². The van der Waals surface area contributed by atoms with Crippen molar-refractivity contribution in [1.82, 2.24) is 0 Å². The minimum atomic E-state index is -0.718. The van der Waals surface area contributed by atoms with Crippen molar-refractivity contribution in [2.24, 2.45) is 0 Å². The zero-order valence-electron chi connectivity index (χ0n) is 29.7. The number of hydrogen-bond acceptors (Lipinski definition) is 3. The molecule has 0 aliphatic heterocycles. The molecular weight excluding hydrogens is 544 g/mol. The number of rotatable bonds is 36. The van der Waals surface area contributed by atoms with Crippen LogP contribution in [0.15, 0.2) is 12.2 Å². The van der Waals surface area contributed by atoms with Crippen LogP contribution >= 0.6 is 0 Å². The predicted molar refractivity (Wildman–Crippen MR) is 190 cm³/mol. The second-order valence-electron chi connectivity index (χ2n) is 13.5. The molecule has 0 aromatic carbocycles. The summed E-state index contributed by atoms with van der Waals surface area (Å²) in [6, 6.07) is 0. The zero-order chi connectivity index (χ0) is 32.2. The van der Waals surface area contributed by atoms with E-state index in [1.807, 2.05) is 0 Å². The molecule has 0 rings (SSSR count). The second kappa shape index (κ2) is 36.2. The van der Waals surface area contributed by atoms with Crippen molar-refractivity contribution in [3.63, 3.8) is 0 Å². The van der Waals surface area contributed by atoms with Gasteiger partial charge in [0.1, 0.15) is 6.10 Å². The number of carbonyl (C=O) groups excluding carboxylic acids is 1. The summed E-state index contributed by atoms with van der Waals surface area (Å²) in [6.45, 7) is 4.54. The van der Waals surface area contributed by atoms with Crippen LogP contribution in [0.1, 0.15) is 226 Å². The maximum Gasteiger partial charge on any atom is 0.306 e. The Balaban J connectivity index is 3.89. The number of hydrogen-bond donors (Lipinski definition) is 1. The molecular formula is C40H76O4. The van der Waals surface area contributed by atoms with Gasteiger partial charge >= 0.3 is 11.9 Å². The smallest absolute Gasteiger partial charge is 0.306 e. The van der Waals surface area contributed by atoms with E-state index in [0.29, 0.717) is 6.42 Å². The Hall–Kier alpha value is -1.32. The minimum absolute atomic E-state index is 0.0575. The number of carboxylic acids is 1. The van der Waals surface area contributed by atoms with E-state index in [4.69, 9.17) is 9.84 Å². The first-order valence-corrected chi connectivity index (χ1v) is 19.7. The monoisotopic (exact) mass is 621 g/mol. The maximum absolute atomic E-state index is 12.6. The number of esters is 1. The first-order valence-electron chi connectivity index (χ1n) is 19.7. The molecule has 1 unspecified atom stereocenters. The highest BCUT2D eigenvalue weighted by Crippen LogP contribution is 2.17. The Labute approximate surface area is 275 Å². The lowest BCUT2D eigenvalue weighted by Gasteiger charge is -2.15. The summed E-state index contributed by atoms with van der Waals surface area (Å²) in [6.07, 6.45) is 43.9. The van der Waals surface area contributed by atoms with Crippen molar-refractivity contribution >= 4 is 11.9 Å². The van der Waals surface area contributed by atoms with Crippen LogP contribution in [0.25, 0.3) is 0 Å². The van der Waals surface area contributed by atoms with E-state index < -0.39 is 5.97 Å². The Morgan fingerprint density at radius 3 is 1.30 bits per heavy atom. The largest absolute Gasteiger partial charge is 0.481 e. The lowest BCUT2D eigenvalue weighted by molar-refractivity contribution is -0.147. The van der Waals surface area contributed by atoms with E-state index >= 15 is 0 Å². The highest BCUT2D eigenvalue weighted by Gasteiger charge is 2.11. The summed E-state index contributed by atoms with van der Waals surface area (Å²) in [7, 11) is 0. The zero-order valence-corrected chi connectivity index (χ0v) is 29.7. The first kappa shape index (κ1) is 42.7. The molecule has 0 saturated heterocycles. The normalized spacial score (nSPS) is 12.2. The molecule has 0 aliphatic rings. The quantitative estimate of drug-likeness (QED) is 0.0430. The fourth-order valence-corrected chi connectivity index (χ4v) is 6.04. The summed E-state index contributed by atoms with van der Waals surface area (Å²) >= 11 is 0. The summed E-state index contributed by atoms with van der Waals surface area (Å²) < 4.78 is 5.88. The number of unbranched alkanes of at least 4 members (excludes halogenated alkanes) is 27. The van der Waals surface area contributed by atoms with E-state index in [-0.39, 0.29) is 18.5 Å². The van der Waals surface area contributed by atoms with Crippen molar-refractivity contribution in [3.05, 3.63) is 12.2 Å². The summed E-state index contributed by atoms with van der Waals surface area (Å²) in [5.74, 6) is -0.775. The SMILES string of the molecule is CCCCCCCCC/C=C\C(CCCCCCC(=O)O)OC(=O)CCCCCCCCCCCCCCCCCCCC. The number of carbonyl (C=O) groups is 2. The molecule has 0 fully saturated rings. The van der Waals surface area contributed by atoms with Gasteiger partial charge < -0.3 is 9.84 Å². The van der Waals surface area contributed by atoms with Gasteiger partial charge in [-0.15, -0.1) is 0 Å². The van der Waals surface area contributed by atoms with Crippen molar-refractivity contribution in [2.75, 3.05) is 0 Å². The van der Waals surface area contributed by atoms with Crippen LogP contribution in [0.4, 0.5) is 0 Å². The topological polar surface area (TPSA) is 63.6 Å². The average Bonchev–Trinajstić information content (AvgIpc) is 3.01. The third-order valence-electron chi connectivity index (χ3n) is 8.97. The van der Waals surface area contributed by atoms with Crippen LogP contribution in [0.5, 0.6) is 0 Å². The second-order valence-corrected chi connectivity index (χ2v) is 13.5. The molecule has 0 aromatic rings. The van der Waals surface area contributed by atoms with Crippen LogP contribution in [0.3, 0.4) is 0 Å². The molecule has 0 radical (unpaired) electrons. The van der Waals surface area contributed by atoms with Gasteiger partial charge in [-0.05, 0) is 44.6 Å². The van der Waals surface area contributed by atoms with Crippen molar-refractivity contribution in [1.29, 1.82) is 0 Å². The fraction of sp³-hybridized carbons (Fsp3) is 0.900. The molecule has 260 valence electrons. The number of ether oxygens (including phenoxy) is 1. The third-order valence-corrected chi connectivity index (χ3v) is 8.97. The molecule has 4 heteroatoms. The van der Waals surface area contributed by atoms with Crippen molar-refractivity contribution < 1.29 is 19.4 Å². The minimum Gasteiger partial charge on any atom is -0.481 e. The molecule has 0 aliphatic carbocycles. The van der Waals surface area contributed by atoms with Crippen LogP contribution in [0.2, 0.25) is 0 Å². The highest BCUT2D eigenvalue weighted by molar-refractivity contribution is 5.69. The Kier molecular flexibility index (Phi) is 35.1. The summed E-state index contributed by atoms with van der Waals surface area (Å²) in [5.41, 5.74) is 0. The molecule has 0 amide bonds. The van der Waals surface area contributed by atoms with Gasteiger partial charge in [-0.1, -0.05) is 180 Å². The fourth-order valence-electron chi connectivity index (χ4n) is 6.04. The van der Waals surface area contributed by atoms with E-state index in [1.54, 1.807) is 0 Å². The van der Waals surface area contributed by atoms with E-state index in [9.17, 15) is 9.59 Å². The third kappa shape index (κ3) is 35.2. The average molecular weight is 621 g/mol. The Morgan fingerprint density at radius 1 is 0.500 bits per heavy atom. The summed E-state index contributed by atoms with van der Waals surface area (Å²) in [4.78, 5) is 23.3. The van der Waals surface area contributed by atoms with Gasteiger partial charge in [0, 0.05) is 12.8 Å². The van der Waals surface area contributed by atoms with Crippen LogP contribution < -0.4 is 0 Å².